The Morgan fingerprint density at radius 2 is 1.93 bits per heavy atom. The van der Waals surface area contributed by atoms with E-state index in [1.54, 1.807) is 18.0 Å². The minimum Gasteiger partial charge on any atom is -0.336 e. The maximum atomic E-state index is 13.1. The number of hydrogen-bond acceptors (Lipinski definition) is 5. The van der Waals surface area contributed by atoms with E-state index in [1.165, 1.54) is 11.3 Å². The number of aromatic nitrogens is 4. The molecule has 1 aromatic carbocycles. The molecule has 0 radical (unpaired) electrons. The van der Waals surface area contributed by atoms with Crippen LogP contribution in [0.3, 0.4) is 0 Å². The molecule has 4 rings (SSSR count). The van der Waals surface area contributed by atoms with Crippen LogP contribution < -0.4 is 0 Å². The summed E-state index contributed by atoms with van der Waals surface area (Å²) in [4.78, 5) is 21.8. The molecule has 0 aliphatic carbocycles. The first-order chi connectivity index (χ1) is 14.5. The van der Waals surface area contributed by atoms with E-state index in [2.05, 4.69) is 28.8 Å². The molecule has 8 heteroatoms. The van der Waals surface area contributed by atoms with E-state index in [4.69, 9.17) is 0 Å². The van der Waals surface area contributed by atoms with Crippen molar-refractivity contribution < 1.29 is 4.79 Å². The van der Waals surface area contributed by atoms with Crippen LogP contribution in [-0.2, 0) is 13.6 Å². The molecule has 7 nitrogen and oxygen atoms in total. The predicted molar refractivity (Wildman–Crippen MR) is 119 cm³/mol. The Bertz CT molecular complexity index is 1050. The number of hydrogen-bond donors (Lipinski definition) is 0. The van der Waals surface area contributed by atoms with E-state index in [0.717, 1.165) is 54.8 Å². The number of piperazine rings is 1. The van der Waals surface area contributed by atoms with Gasteiger partial charge in [0.05, 0.1) is 5.69 Å². The largest absolute Gasteiger partial charge is 0.336 e. The lowest BCUT2D eigenvalue weighted by Gasteiger charge is -2.35. The molecule has 30 heavy (non-hydrogen) atoms. The molecule has 1 aliphatic heterocycles. The van der Waals surface area contributed by atoms with Gasteiger partial charge in [-0.15, -0.1) is 0 Å². The van der Waals surface area contributed by atoms with E-state index >= 15 is 0 Å². The lowest BCUT2D eigenvalue weighted by molar-refractivity contribution is 0.0628. The SMILES string of the molecule is CSc1nccn1-c1cccc(C(=O)N2CCN(Cc3c(C)nn(C)c3C)CC2)c1. The smallest absolute Gasteiger partial charge is 0.254 e. The van der Waals surface area contributed by atoms with Crippen molar-refractivity contribution in [3.8, 4) is 5.69 Å². The summed E-state index contributed by atoms with van der Waals surface area (Å²) in [6.07, 6.45) is 5.71. The average molecular weight is 425 g/mol. The standard InChI is InChI=1S/C22H28N6OS/c1-16-20(17(2)25(3)24-16)15-26-10-12-27(13-11-26)21(29)18-6-5-7-19(14-18)28-9-8-23-22(28)30-4/h5-9,14H,10-13,15H2,1-4H3. The van der Waals surface area contributed by atoms with Gasteiger partial charge in [-0.3, -0.25) is 18.9 Å². The van der Waals surface area contributed by atoms with Crippen LogP contribution in [0.15, 0.2) is 41.8 Å². The number of amides is 1. The Labute approximate surface area is 181 Å². The third-order valence-corrected chi connectivity index (χ3v) is 6.53. The second-order valence-electron chi connectivity index (χ2n) is 7.68. The van der Waals surface area contributed by atoms with Gasteiger partial charge in [-0.1, -0.05) is 17.8 Å². The summed E-state index contributed by atoms with van der Waals surface area (Å²) < 4.78 is 3.96. The lowest BCUT2D eigenvalue weighted by Crippen LogP contribution is -2.48. The third kappa shape index (κ3) is 4.02. The fourth-order valence-corrected chi connectivity index (χ4v) is 4.52. The summed E-state index contributed by atoms with van der Waals surface area (Å²) in [6.45, 7) is 8.30. The van der Waals surface area contributed by atoms with Gasteiger partial charge in [-0.25, -0.2) is 4.98 Å². The number of imidazole rings is 1. The molecule has 0 saturated carbocycles. The van der Waals surface area contributed by atoms with Crippen molar-refractivity contribution in [1.29, 1.82) is 0 Å². The van der Waals surface area contributed by atoms with Gasteiger partial charge < -0.3 is 4.90 Å². The molecule has 0 atom stereocenters. The Balaban J connectivity index is 1.42. The van der Waals surface area contributed by atoms with Gasteiger partial charge >= 0.3 is 0 Å². The maximum absolute atomic E-state index is 13.1. The number of benzene rings is 1. The first-order valence-electron chi connectivity index (χ1n) is 10.2. The first-order valence-corrected chi connectivity index (χ1v) is 11.4. The van der Waals surface area contributed by atoms with Gasteiger partial charge in [-0.2, -0.15) is 5.10 Å². The normalized spacial score (nSPS) is 15.0. The first kappa shape index (κ1) is 20.7. The molecule has 1 saturated heterocycles. The number of rotatable bonds is 5. The van der Waals surface area contributed by atoms with Crippen LogP contribution in [0.5, 0.6) is 0 Å². The van der Waals surface area contributed by atoms with Gasteiger partial charge in [0.2, 0.25) is 0 Å². The summed E-state index contributed by atoms with van der Waals surface area (Å²) >= 11 is 1.59. The Morgan fingerprint density at radius 3 is 2.60 bits per heavy atom. The molecule has 1 fully saturated rings. The molecule has 1 amide bonds. The van der Waals surface area contributed by atoms with Gasteiger partial charge in [0.1, 0.15) is 0 Å². The molecule has 0 unspecified atom stereocenters. The molecule has 158 valence electrons. The summed E-state index contributed by atoms with van der Waals surface area (Å²) in [5.41, 5.74) is 5.29. The molecular formula is C22H28N6OS. The van der Waals surface area contributed by atoms with Gasteiger partial charge in [0, 0.05) is 74.7 Å². The minimum absolute atomic E-state index is 0.0936. The highest BCUT2D eigenvalue weighted by molar-refractivity contribution is 7.98. The van der Waals surface area contributed by atoms with Crippen LogP contribution in [0.4, 0.5) is 0 Å². The van der Waals surface area contributed by atoms with Crippen molar-refractivity contribution in [2.75, 3.05) is 32.4 Å². The zero-order chi connectivity index (χ0) is 21.3. The summed E-state index contributed by atoms with van der Waals surface area (Å²) in [5, 5.41) is 5.43. The topological polar surface area (TPSA) is 59.2 Å². The molecule has 2 aromatic heterocycles. The average Bonchev–Trinajstić information content (AvgIpc) is 3.34. The van der Waals surface area contributed by atoms with Crippen LogP contribution in [0.1, 0.15) is 27.3 Å². The van der Waals surface area contributed by atoms with Crippen LogP contribution in [0.2, 0.25) is 0 Å². The minimum atomic E-state index is 0.0936. The Morgan fingerprint density at radius 1 is 1.17 bits per heavy atom. The Kier molecular flexibility index (Phi) is 5.97. The van der Waals surface area contributed by atoms with Gasteiger partial charge in [0.25, 0.3) is 5.91 Å². The van der Waals surface area contributed by atoms with Crippen LogP contribution >= 0.6 is 11.8 Å². The number of thioether (sulfide) groups is 1. The van der Waals surface area contributed by atoms with Crippen molar-refractivity contribution in [3.05, 3.63) is 59.2 Å². The number of carbonyl (C=O) groups excluding carboxylic acids is 1. The molecule has 3 aromatic rings. The zero-order valence-electron chi connectivity index (χ0n) is 18.0. The van der Waals surface area contributed by atoms with Gasteiger partial charge in [-0.05, 0) is 38.3 Å². The number of carbonyl (C=O) groups is 1. The molecule has 1 aliphatic rings. The molecular weight excluding hydrogens is 396 g/mol. The van der Waals surface area contributed by atoms with E-state index in [-0.39, 0.29) is 5.91 Å². The summed E-state index contributed by atoms with van der Waals surface area (Å²) in [5.74, 6) is 0.0936. The van der Waals surface area contributed by atoms with Crippen LogP contribution in [-0.4, -0.2) is 67.5 Å². The second-order valence-corrected chi connectivity index (χ2v) is 8.45. The van der Waals surface area contributed by atoms with Crippen molar-refractivity contribution in [1.82, 2.24) is 29.1 Å². The molecule has 0 N–H and O–H groups in total. The third-order valence-electron chi connectivity index (χ3n) is 5.86. The van der Waals surface area contributed by atoms with Crippen LogP contribution in [0.25, 0.3) is 5.69 Å². The predicted octanol–water partition coefficient (Wildman–Crippen LogP) is 2.90. The quantitative estimate of drug-likeness (QED) is 0.590. The van der Waals surface area contributed by atoms with Crippen LogP contribution in [0, 0.1) is 13.8 Å². The highest BCUT2D eigenvalue weighted by atomic mass is 32.2. The highest BCUT2D eigenvalue weighted by Gasteiger charge is 2.24. The van der Waals surface area contributed by atoms with E-state index < -0.39 is 0 Å². The van der Waals surface area contributed by atoms with Crippen molar-refractivity contribution in [2.45, 2.75) is 25.5 Å². The molecule has 0 bridgehead atoms. The molecule has 3 heterocycles. The number of aryl methyl sites for hydroxylation is 2. The zero-order valence-corrected chi connectivity index (χ0v) is 18.8. The monoisotopic (exact) mass is 424 g/mol. The summed E-state index contributed by atoms with van der Waals surface area (Å²) in [6, 6.07) is 7.81. The van der Waals surface area contributed by atoms with E-state index in [9.17, 15) is 4.79 Å². The second kappa shape index (κ2) is 8.65. The fraction of sp³-hybridized carbons (Fsp3) is 0.409. The lowest BCUT2D eigenvalue weighted by atomic mass is 10.1. The van der Waals surface area contributed by atoms with Crippen molar-refractivity contribution >= 4 is 17.7 Å². The van der Waals surface area contributed by atoms with Crippen molar-refractivity contribution in [3.63, 3.8) is 0 Å². The highest BCUT2D eigenvalue weighted by Crippen LogP contribution is 2.21. The Hall–Kier alpha value is -2.58. The van der Waals surface area contributed by atoms with Gasteiger partial charge in [0.15, 0.2) is 5.16 Å². The molecule has 0 spiro atoms. The maximum Gasteiger partial charge on any atom is 0.254 e. The fourth-order valence-electron chi connectivity index (χ4n) is 3.99. The van der Waals surface area contributed by atoms with Crippen molar-refractivity contribution in [2.24, 2.45) is 7.05 Å². The summed E-state index contributed by atoms with van der Waals surface area (Å²) in [7, 11) is 1.99. The number of nitrogens with zero attached hydrogens (tertiary/aromatic N) is 6. The van der Waals surface area contributed by atoms with E-state index in [0.29, 0.717) is 0 Å². The van der Waals surface area contributed by atoms with E-state index in [1.807, 2.05) is 57.9 Å².